The summed E-state index contributed by atoms with van der Waals surface area (Å²) in [5, 5.41) is 8.94. The molecule has 2 heteroatoms. The molecule has 0 saturated carbocycles. The Morgan fingerprint density at radius 2 is 1.47 bits per heavy atom. The second-order valence-electron chi connectivity index (χ2n) is 4.23. The summed E-state index contributed by atoms with van der Waals surface area (Å²) in [6, 6.07) is 15.4. The van der Waals surface area contributed by atoms with E-state index in [1.165, 1.54) is 11.1 Å². The SMILES string of the molecule is CCc1cccc(O)c1.CCc1cccc(OC)c1. The number of aryl methyl sites for hydroxylation is 2. The van der Waals surface area contributed by atoms with Gasteiger partial charge in [0.05, 0.1) is 7.11 Å². The van der Waals surface area contributed by atoms with E-state index in [1.54, 1.807) is 19.2 Å². The normalized spacial score (nSPS) is 9.42. The first-order valence-corrected chi connectivity index (χ1v) is 6.60. The minimum Gasteiger partial charge on any atom is -0.508 e. The monoisotopic (exact) mass is 258 g/mol. The van der Waals surface area contributed by atoms with Gasteiger partial charge in [0.2, 0.25) is 0 Å². The maximum Gasteiger partial charge on any atom is 0.119 e. The molecule has 2 aromatic rings. The van der Waals surface area contributed by atoms with Crippen molar-refractivity contribution in [3.63, 3.8) is 0 Å². The first-order valence-electron chi connectivity index (χ1n) is 6.60. The summed E-state index contributed by atoms with van der Waals surface area (Å²) < 4.78 is 5.06. The van der Waals surface area contributed by atoms with Crippen molar-refractivity contribution >= 4 is 0 Å². The van der Waals surface area contributed by atoms with Gasteiger partial charge in [-0.05, 0) is 48.2 Å². The van der Waals surface area contributed by atoms with Gasteiger partial charge in [0.25, 0.3) is 0 Å². The highest BCUT2D eigenvalue weighted by atomic mass is 16.5. The van der Waals surface area contributed by atoms with E-state index in [9.17, 15) is 0 Å². The Bertz CT molecular complexity index is 473. The number of hydrogen-bond acceptors (Lipinski definition) is 2. The van der Waals surface area contributed by atoms with Gasteiger partial charge in [-0.25, -0.2) is 0 Å². The van der Waals surface area contributed by atoms with Crippen LogP contribution in [-0.2, 0) is 12.8 Å². The lowest BCUT2D eigenvalue weighted by Crippen LogP contribution is -1.84. The van der Waals surface area contributed by atoms with E-state index in [0.717, 1.165) is 18.6 Å². The van der Waals surface area contributed by atoms with Gasteiger partial charge in [-0.2, -0.15) is 0 Å². The third-order valence-corrected chi connectivity index (χ3v) is 2.86. The molecule has 1 N–H and O–H groups in total. The molecule has 0 bridgehead atoms. The van der Waals surface area contributed by atoms with Crippen LogP contribution in [0.1, 0.15) is 25.0 Å². The van der Waals surface area contributed by atoms with Crippen LogP contribution < -0.4 is 4.74 Å². The van der Waals surface area contributed by atoms with Crippen LogP contribution in [0, 0.1) is 0 Å². The molecule has 0 radical (unpaired) electrons. The lowest BCUT2D eigenvalue weighted by Gasteiger charge is -2.00. The Balaban J connectivity index is 0.000000191. The lowest BCUT2D eigenvalue weighted by molar-refractivity contribution is 0.414. The highest BCUT2D eigenvalue weighted by molar-refractivity contribution is 5.28. The summed E-state index contributed by atoms with van der Waals surface area (Å²) in [5.74, 6) is 1.30. The summed E-state index contributed by atoms with van der Waals surface area (Å²) in [5.41, 5.74) is 2.49. The van der Waals surface area contributed by atoms with Gasteiger partial charge in [0, 0.05) is 0 Å². The summed E-state index contributed by atoms with van der Waals surface area (Å²) in [4.78, 5) is 0. The fourth-order valence-electron chi connectivity index (χ4n) is 1.67. The average Bonchev–Trinajstić information content (AvgIpc) is 2.48. The van der Waals surface area contributed by atoms with Crippen LogP contribution in [0.2, 0.25) is 0 Å². The quantitative estimate of drug-likeness (QED) is 0.893. The molecule has 0 spiro atoms. The Morgan fingerprint density at radius 3 is 1.95 bits per heavy atom. The second-order valence-corrected chi connectivity index (χ2v) is 4.23. The molecule has 0 heterocycles. The van der Waals surface area contributed by atoms with Crippen molar-refractivity contribution in [3.8, 4) is 11.5 Å². The topological polar surface area (TPSA) is 29.5 Å². The van der Waals surface area contributed by atoms with Crippen LogP contribution >= 0.6 is 0 Å². The maximum absolute atomic E-state index is 8.94. The summed E-state index contributed by atoms with van der Waals surface area (Å²) >= 11 is 0. The molecule has 19 heavy (non-hydrogen) atoms. The lowest BCUT2D eigenvalue weighted by atomic mass is 10.2. The van der Waals surface area contributed by atoms with Gasteiger partial charge in [0.15, 0.2) is 0 Å². The molecule has 0 aromatic heterocycles. The minimum absolute atomic E-state index is 0.356. The minimum atomic E-state index is 0.356. The van der Waals surface area contributed by atoms with Gasteiger partial charge in [-0.15, -0.1) is 0 Å². The van der Waals surface area contributed by atoms with Crippen LogP contribution in [0.25, 0.3) is 0 Å². The highest BCUT2D eigenvalue weighted by Gasteiger charge is 1.90. The van der Waals surface area contributed by atoms with Gasteiger partial charge in [0.1, 0.15) is 11.5 Å². The number of methoxy groups -OCH3 is 1. The van der Waals surface area contributed by atoms with Crippen molar-refractivity contribution in [1.82, 2.24) is 0 Å². The van der Waals surface area contributed by atoms with E-state index < -0.39 is 0 Å². The zero-order valence-electron chi connectivity index (χ0n) is 11.9. The average molecular weight is 258 g/mol. The summed E-state index contributed by atoms with van der Waals surface area (Å²) in [6.07, 6.45) is 2.05. The van der Waals surface area contributed by atoms with Gasteiger partial charge in [-0.3, -0.25) is 0 Å². The molecule has 0 atom stereocenters. The molecule has 102 valence electrons. The van der Waals surface area contributed by atoms with Crippen LogP contribution in [0.3, 0.4) is 0 Å². The van der Waals surface area contributed by atoms with Crippen molar-refractivity contribution < 1.29 is 9.84 Å². The largest absolute Gasteiger partial charge is 0.508 e. The van der Waals surface area contributed by atoms with E-state index in [1.807, 2.05) is 24.3 Å². The standard InChI is InChI=1S/C9H12O.C8H10O/c1-3-8-5-4-6-9(7-8)10-2;1-2-7-4-3-5-8(9)6-7/h4-7H,3H2,1-2H3;3-6,9H,2H2,1H3. The fourth-order valence-corrected chi connectivity index (χ4v) is 1.67. The van der Waals surface area contributed by atoms with E-state index in [2.05, 4.69) is 26.0 Å². The van der Waals surface area contributed by atoms with Crippen molar-refractivity contribution in [3.05, 3.63) is 59.7 Å². The number of hydrogen-bond donors (Lipinski definition) is 1. The number of ether oxygens (including phenoxy) is 1. The summed E-state index contributed by atoms with van der Waals surface area (Å²) in [7, 11) is 1.69. The molecule has 0 saturated heterocycles. The molecule has 0 amide bonds. The molecule has 0 aliphatic rings. The van der Waals surface area contributed by atoms with Crippen LogP contribution in [-0.4, -0.2) is 12.2 Å². The van der Waals surface area contributed by atoms with Crippen molar-refractivity contribution in [2.75, 3.05) is 7.11 Å². The third kappa shape index (κ3) is 5.47. The van der Waals surface area contributed by atoms with Gasteiger partial charge >= 0.3 is 0 Å². The second kappa shape index (κ2) is 8.20. The Kier molecular flexibility index (Phi) is 6.51. The van der Waals surface area contributed by atoms with E-state index >= 15 is 0 Å². The maximum atomic E-state index is 8.94. The number of benzene rings is 2. The molecular weight excluding hydrogens is 236 g/mol. The first kappa shape index (κ1) is 15.1. The Morgan fingerprint density at radius 1 is 0.895 bits per heavy atom. The highest BCUT2D eigenvalue weighted by Crippen LogP contribution is 2.12. The third-order valence-electron chi connectivity index (χ3n) is 2.86. The molecular formula is C17H22O2. The van der Waals surface area contributed by atoms with Crippen molar-refractivity contribution in [2.24, 2.45) is 0 Å². The zero-order valence-corrected chi connectivity index (χ0v) is 11.9. The van der Waals surface area contributed by atoms with Gasteiger partial charge < -0.3 is 9.84 Å². The van der Waals surface area contributed by atoms with Crippen LogP contribution in [0.5, 0.6) is 11.5 Å². The zero-order chi connectivity index (χ0) is 14.1. The van der Waals surface area contributed by atoms with E-state index in [-0.39, 0.29) is 0 Å². The van der Waals surface area contributed by atoms with Crippen LogP contribution in [0.15, 0.2) is 48.5 Å². The van der Waals surface area contributed by atoms with E-state index in [4.69, 9.17) is 9.84 Å². The molecule has 0 fully saturated rings. The molecule has 2 nitrogen and oxygen atoms in total. The van der Waals surface area contributed by atoms with Crippen molar-refractivity contribution in [2.45, 2.75) is 26.7 Å². The fraction of sp³-hybridized carbons (Fsp3) is 0.294. The number of phenolic OH excluding ortho intramolecular Hbond substituents is 1. The smallest absolute Gasteiger partial charge is 0.119 e. The molecule has 2 rings (SSSR count). The van der Waals surface area contributed by atoms with Crippen molar-refractivity contribution in [1.29, 1.82) is 0 Å². The number of phenols is 1. The molecule has 0 aliphatic heterocycles. The Labute approximate surface area is 115 Å². The molecule has 0 aliphatic carbocycles. The number of aromatic hydroxyl groups is 1. The van der Waals surface area contributed by atoms with Gasteiger partial charge in [-0.1, -0.05) is 38.1 Å². The Hall–Kier alpha value is -1.96. The predicted octanol–water partition coefficient (Wildman–Crippen LogP) is 4.21. The first-order chi connectivity index (χ1) is 9.19. The summed E-state index contributed by atoms with van der Waals surface area (Å²) in [6.45, 7) is 4.20. The van der Waals surface area contributed by atoms with E-state index in [0.29, 0.717) is 5.75 Å². The van der Waals surface area contributed by atoms with Crippen LogP contribution in [0.4, 0.5) is 0 Å². The molecule has 2 aromatic carbocycles. The molecule has 0 unspecified atom stereocenters. The predicted molar refractivity (Wildman–Crippen MR) is 79.9 cm³/mol. The number of rotatable bonds is 3.